The number of sulfonamides is 1. The molecule has 0 unspecified atom stereocenters. The van der Waals surface area contributed by atoms with Crippen molar-refractivity contribution < 1.29 is 17.7 Å². The number of aryl methyl sites for hydroxylation is 2. The van der Waals surface area contributed by atoms with Crippen molar-refractivity contribution in [3.8, 4) is 0 Å². The number of aromatic nitrogens is 1. The zero-order chi connectivity index (χ0) is 21.9. The van der Waals surface area contributed by atoms with Crippen LogP contribution in [-0.2, 0) is 16.6 Å². The number of benzene rings is 1. The Labute approximate surface area is 178 Å². The van der Waals surface area contributed by atoms with Crippen LogP contribution >= 0.6 is 0 Å². The maximum atomic E-state index is 13.1. The monoisotopic (exact) mass is 434 g/mol. The highest BCUT2D eigenvalue weighted by Crippen LogP contribution is 2.21. The van der Waals surface area contributed by atoms with E-state index in [9.17, 15) is 13.2 Å². The topological polar surface area (TPSA) is 87.0 Å². The zero-order valence-corrected chi connectivity index (χ0v) is 18.9. The predicted molar refractivity (Wildman–Crippen MR) is 114 cm³/mol. The van der Waals surface area contributed by atoms with Crippen LogP contribution in [0.25, 0.3) is 0 Å². The molecule has 1 aliphatic heterocycles. The molecular formula is C21H30N4O4S. The fourth-order valence-electron chi connectivity index (χ4n) is 3.70. The SMILES string of the molecule is CCN(CC)S(=O)(=O)c1ccc(C)c(C(=O)N2CCN(Cc3cc(C)no3)CC2)c1. The lowest BCUT2D eigenvalue weighted by atomic mass is 10.1. The first-order chi connectivity index (χ1) is 14.3. The highest BCUT2D eigenvalue weighted by Gasteiger charge is 2.27. The average Bonchev–Trinajstić information content (AvgIpc) is 3.13. The van der Waals surface area contributed by atoms with E-state index in [-0.39, 0.29) is 10.8 Å². The van der Waals surface area contributed by atoms with E-state index >= 15 is 0 Å². The van der Waals surface area contributed by atoms with Crippen molar-refractivity contribution in [1.82, 2.24) is 19.3 Å². The number of hydrogen-bond acceptors (Lipinski definition) is 6. The summed E-state index contributed by atoms with van der Waals surface area (Å²) in [6, 6.07) is 6.74. The minimum absolute atomic E-state index is 0.126. The third kappa shape index (κ3) is 4.74. The Balaban J connectivity index is 1.71. The minimum Gasteiger partial charge on any atom is -0.360 e. The molecule has 0 atom stereocenters. The summed E-state index contributed by atoms with van der Waals surface area (Å²) in [6.07, 6.45) is 0. The van der Waals surface area contributed by atoms with Crippen LogP contribution in [-0.4, -0.2) is 72.9 Å². The van der Waals surface area contributed by atoms with E-state index in [1.165, 1.54) is 10.4 Å². The number of piperazine rings is 1. The van der Waals surface area contributed by atoms with Gasteiger partial charge < -0.3 is 9.42 Å². The summed E-state index contributed by atoms with van der Waals surface area (Å²) in [5, 5.41) is 3.91. The van der Waals surface area contributed by atoms with Gasteiger partial charge in [0.1, 0.15) is 0 Å². The molecule has 0 N–H and O–H groups in total. The highest BCUT2D eigenvalue weighted by atomic mass is 32.2. The van der Waals surface area contributed by atoms with Crippen molar-refractivity contribution in [2.45, 2.75) is 39.1 Å². The van der Waals surface area contributed by atoms with Crippen LogP contribution in [0.1, 0.15) is 41.2 Å². The minimum atomic E-state index is -3.61. The van der Waals surface area contributed by atoms with Crippen molar-refractivity contribution in [3.05, 3.63) is 46.8 Å². The maximum Gasteiger partial charge on any atom is 0.254 e. The molecule has 8 nitrogen and oxygen atoms in total. The lowest BCUT2D eigenvalue weighted by molar-refractivity contribution is 0.0616. The molecule has 1 aromatic heterocycles. The number of carbonyl (C=O) groups is 1. The summed E-state index contributed by atoms with van der Waals surface area (Å²) in [6.45, 7) is 11.4. The van der Waals surface area contributed by atoms with Gasteiger partial charge in [0.2, 0.25) is 10.0 Å². The number of amides is 1. The van der Waals surface area contributed by atoms with Crippen LogP contribution < -0.4 is 0 Å². The molecule has 1 saturated heterocycles. The Morgan fingerprint density at radius 1 is 1.10 bits per heavy atom. The van der Waals surface area contributed by atoms with Gasteiger partial charge in [-0.05, 0) is 31.5 Å². The van der Waals surface area contributed by atoms with Crippen LogP contribution in [0, 0.1) is 13.8 Å². The van der Waals surface area contributed by atoms with Crippen molar-refractivity contribution in [2.75, 3.05) is 39.3 Å². The highest BCUT2D eigenvalue weighted by molar-refractivity contribution is 7.89. The third-order valence-corrected chi connectivity index (χ3v) is 7.54. The van der Waals surface area contributed by atoms with E-state index in [0.29, 0.717) is 38.3 Å². The van der Waals surface area contributed by atoms with Crippen LogP contribution in [0.2, 0.25) is 0 Å². The Hall–Kier alpha value is -2.23. The molecule has 2 heterocycles. The lowest BCUT2D eigenvalue weighted by Gasteiger charge is -2.34. The van der Waals surface area contributed by atoms with Gasteiger partial charge in [-0.25, -0.2) is 8.42 Å². The quantitative estimate of drug-likeness (QED) is 0.664. The van der Waals surface area contributed by atoms with Crippen molar-refractivity contribution in [3.63, 3.8) is 0 Å². The summed E-state index contributed by atoms with van der Waals surface area (Å²) in [5.41, 5.74) is 2.08. The largest absolute Gasteiger partial charge is 0.360 e. The molecule has 1 aromatic carbocycles. The smallest absolute Gasteiger partial charge is 0.254 e. The van der Waals surface area contributed by atoms with E-state index in [2.05, 4.69) is 10.1 Å². The third-order valence-electron chi connectivity index (χ3n) is 5.50. The normalized spacial score (nSPS) is 15.7. The van der Waals surface area contributed by atoms with E-state index in [4.69, 9.17) is 4.52 Å². The second-order valence-corrected chi connectivity index (χ2v) is 9.51. The van der Waals surface area contributed by atoms with Gasteiger partial charge in [-0.3, -0.25) is 9.69 Å². The number of carbonyl (C=O) groups excluding carboxylic acids is 1. The van der Waals surface area contributed by atoms with Crippen LogP contribution in [0.4, 0.5) is 0 Å². The molecule has 0 spiro atoms. The molecule has 3 rings (SSSR count). The maximum absolute atomic E-state index is 13.1. The molecule has 0 saturated carbocycles. The van der Waals surface area contributed by atoms with Gasteiger partial charge in [-0.15, -0.1) is 0 Å². The fourth-order valence-corrected chi connectivity index (χ4v) is 5.18. The van der Waals surface area contributed by atoms with Gasteiger partial charge in [0.25, 0.3) is 5.91 Å². The lowest BCUT2D eigenvalue weighted by Crippen LogP contribution is -2.48. The Morgan fingerprint density at radius 3 is 2.33 bits per heavy atom. The van der Waals surface area contributed by atoms with Crippen molar-refractivity contribution >= 4 is 15.9 Å². The second-order valence-electron chi connectivity index (χ2n) is 7.57. The first-order valence-corrected chi connectivity index (χ1v) is 11.7. The van der Waals surface area contributed by atoms with E-state index in [1.807, 2.05) is 19.9 Å². The second kappa shape index (κ2) is 9.28. The van der Waals surface area contributed by atoms with Crippen LogP contribution in [0.15, 0.2) is 33.7 Å². The van der Waals surface area contributed by atoms with E-state index in [1.54, 1.807) is 30.9 Å². The summed E-state index contributed by atoms with van der Waals surface area (Å²) in [7, 11) is -3.61. The summed E-state index contributed by atoms with van der Waals surface area (Å²) in [5.74, 6) is 0.691. The zero-order valence-electron chi connectivity index (χ0n) is 18.1. The predicted octanol–water partition coefficient (Wildman–Crippen LogP) is 2.28. The molecule has 9 heteroatoms. The molecule has 2 aromatic rings. The summed E-state index contributed by atoms with van der Waals surface area (Å²) in [4.78, 5) is 17.3. The number of rotatable bonds is 7. The number of nitrogens with zero attached hydrogens (tertiary/aromatic N) is 4. The molecule has 0 aliphatic carbocycles. The van der Waals surface area contributed by atoms with Gasteiger partial charge in [0.05, 0.1) is 17.1 Å². The molecule has 1 fully saturated rings. The first kappa shape index (κ1) is 22.5. The van der Waals surface area contributed by atoms with Gasteiger partial charge in [-0.1, -0.05) is 25.1 Å². The van der Waals surface area contributed by atoms with Crippen molar-refractivity contribution in [2.24, 2.45) is 0 Å². The Morgan fingerprint density at radius 2 is 1.77 bits per heavy atom. The Kier molecular flexibility index (Phi) is 6.95. The van der Waals surface area contributed by atoms with Gasteiger partial charge in [0.15, 0.2) is 5.76 Å². The molecule has 0 bridgehead atoms. The molecule has 0 radical (unpaired) electrons. The van der Waals surface area contributed by atoms with Gasteiger partial charge in [-0.2, -0.15) is 4.31 Å². The fraction of sp³-hybridized carbons (Fsp3) is 0.524. The summed E-state index contributed by atoms with van der Waals surface area (Å²) >= 11 is 0. The van der Waals surface area contributed by atoms with E-state index in [0.717, 1.165) is 30.1 Å². The molecule has 164 valence electrons. The molecular weight excluding hydrogens is 404 g/mol. The van der Waals surface area contributed by atoms with Gasteiger partial charge >= 0.3 is 0 Å². The Bertz CT molecular complexity index is 990. The first-order valence-electron chi connectivity index (χ1n) is 10.3. The van der Waals surface area contributed by atoms with Crippen LogP contribution in [0.3, 0.4) is 0 Å². The molecule has 1 amide bonds. The summed E-state index contributed by atoms with van der Waals surface area (Å²) < 4.78 is 32.4. The van der Waals surface area contributed by atoms with Crippen molar-refractivity contribution in [1.29, 1.82) is 0 Å². The molecule has 1 aliphatic rings. The standard InChI is InChI=1S/C21H30N4O4S/c1-5-25(6-2)30(27,28)19-8-7-16(3)20(14-19)21(26)24-11-9-23(10-12-24)15-18-13-17(4)22-29-18/h7-8,13-14H,5-6,9-12,15H2,1-4H3. The molecule has 30 heavy (non-hydrogen) atoms. The average molecular weight is 435 g/mol. The number of hydrogen-bond donors (Lipinski definition) is 0. The van der Waals surface area contributed by atoms with Crippen LogP contribution in [0.5, 0.6) is 0 Å². The van der Waals surface area contributed by atoms with E-state index < -0.39 is 10.0 Å². The van der Waals surface area contributed by atoms with Gasteiger partial charge in [0, 0.05) is 50.9 Å².